The van der Waals surface area contributed by atoms with Gasteiger partial charge < -0.3 is 29.1 Å². The minimum atomic E-state index is -0.158. The van der Waals surface area contributed by atoms with Crippen molar-refractivity contribution in [3.05, 3.63) is 53.6 Å². The van der Waals surface area contributed by atoms with Crippen molar-refractivity contribution in [3.63, 3.8) is 0 Å². The van der Waals surface area contributed by atoms with Crippen molar-refractivity contribution in [2.45, 2.75) is 38.5 Å². The van der Waals surface area contributed by atoms with Crippen LogP contribution >= 0.6 is 0 Å². The largest absolute Gasteiger partial charge is 0.491 e. The Kier molecular flexibility index (Phi) is 7.32. The lowest BCUT2D eigenvalue weighted by Crippen LogP contribution is -2.44. The molecule has 4 heterocycles. The first-order valence-corrected chi connectivity index (χ1v) is 12.9. The molecule has 4 aliphatic rings. The summed E-state index contributed by atoms with van der Waals surface area (Å²) in [5.74, 6) is 1.89. The van der Waals surface area contributed by atoms with Crippen molar-refractivity contribution in [2.24, 2.45) is 5.41 Å². The van der Waals surface area contributed by atoms with E-state index in [4.69, 9.17) is 14.2 Å². The number of benzene rings is 2. The number of aliphatic hydroxyl groups excluding tert-OH is 1. The molecule has 36 heavy (non-hydrogen) atoms. The number of hydrogen-bond donors (Lipinski definition) is 1. The summed E-state index contributed by atoms with van der Waals surface area (Å²) < 4.78 is 16.9. The Bertz CT molecular complexity index is 1100. The van der Waals surface area contributed by atoms with Gasteiger partial charge in [0.1, 0.15) is 12.4 Å². The van der Waals surface area contributed by atoms with E-state index in [2.05, 4.69) is 0 Å². The van der Waals surface area contributed by atoms with Gasteiger partial charge in [0.15, 0.2) is 11.5 Å². The first-order valence-electron chi connectivity index (χ1n) is 12.9. The first-order chi connectivity index (χ1) is 17.6. The van der Waals surface area contributed by atoms with Crippen molar-refractivity contribution in [1.29, 1.82) is 0 Å². The highest BCUT2D eigenvalue weighted by molar-refractivity contribution is 5.97. The third-order valence-corrected chi connectivity index (χ3v) is 7.71. The zero-order valence-electron chi connectivity index (χ0n) is 20.6. The van der Waals surface area contributed by atoms with Gasteiger partial charge in [-0.2, -0.15) is 0 Å². The molecule has 1 N–H and O–H groups in total. The molecule has 2 bridgehead atoms. The average Bonchev–Trinajstić information content (AvgIpc) is 3.37. The summed E-state index contributed by atoms with van der Waals surface area (Å²) in [5.41, 5.74) is 1.26. The van der Waals surface area contributed by atoms with Crippen molar-refractivity contribution in [3.8, 4) is 17.2 Å². The van der Waals surface area contributed by atoms with Crippen molar-refractivity contribution in [2.75, 3.05) is 46.2 Å². The predicted molar refractivity (Wildman–Crippen MR) is 133 cm³/mol. The molecule has 6 rings (SSSR count). The highest BCUT2D eigenvalue weighted by atomic mass is 16.7. The van der Waals surface area contributed by atoms with Gasteiger partial charge in [0, 0.05) is 26.2 Å². The molecular formula is C28H34N2O6. The standard InChI is InChI=1S/C28H34N2O6/c31-19-28-9-3-4-12-29(26(32)18-21-7-8-24-25(17-21)36-20-35-24)15-16-34-23-6-2-1-5-22(23)27(33)30(13-10-28)14-11-28/h1-2,5-8,17,31H,3-4,9-16,18-20H2. The molecule has 0 aliphatic carbocycles. The SMILES string of the molecule is O=C(Cc1ccc2c(c1)OCO2)N1CCCCC2(CO)CCN(CC2)C(=O)c2ccccc2OCC1. The van der Waals surface area contributed by atoms with E-state index in [0.29, 0.717) is 55.6 Å². The topological polar surface area (TPSA) is 88.5 Å². The second-order valence-electron chi connectivity index (χ2n) is 10.00. The van der Waals surface area contributed by atoms with E-state index in [0.717, 1.165) is 37.7 Å². The Morgan fingerprint density at radius 3 is 2.53 bits per heavy atom. The molecular weight excluding hydrogens is 460 g/mol. The number of amides is 2. The van der Waals surface area contributed by atoms with Gasteiger partial charge in [-0.05, 0) is 60.9 Å². The third kappa shape index (κ3) is 5.28. The van der Waals surface area contributed by atoms with E-state index in [1.54, 1.807) is 6.07 Å². The number of ether oxygens (including phenoxy) is 3. The Morgan fingerprint density at radius 1 is 0.889 bits per heavy atom. The summed E-state index contributed by atoms with van der Waals surface area (Å²) >= 11 is 0. The molecule has 0 radical (unpaired) electrons. The molecule has 8 nitrogen and oxygen atoms in total. The number of rotatable bonds is 3. The van der Waals surface area contributed by atoms with Crippen molar-refractivity contribution in [1.82, 2.24) is 9.80 Å². The van der Waals surface area contributed by atoms with Gasteiger partial charge in [-0.15, -0.1) is 0 Å². The fraction of sp³-hybridized carbons (Fsp3) is 0.500. The quantitative estimate of drug-likeness (QED) is 0.705. The van der Waals surface area contributed by atoms with Crippen LogP contribution in [-0.2, 0) is 11.2 Å². The minimum Gasteiger partial charge on any atom is -0.491 e. The summed E-state index contributed by atoms with van der Waals surface area (Å²) in [6, 6.07) is 12.9. The highest BCUT2D eigenvalue weighted by Crippen LogP contribution is 2.37. The van der Waals surface area contributed by atoms with Gasteiger partial charge in [0.25, 0.3) is 5.91 Å². The number of hydrogen-bond acceptors (Lipinski definition) is 6. The maximum atomic E-state index is 13.3. The van der Waals surface area contributed by atoms with Crippen LogP contribution in [0.5, 0.6) is 17.2 Å². The van der Waals surface area contributed by atoms with E-state index in [-0.39, 0.29) is 37.0 Å². The fourth-order valence-corrected chi connectivity index (χ4v) is 5.38. The number of carbonyl (C=O) groups is 2. The number of nitrogens with zero attached hydrogens (tertiary/aromatic N) is 2. The summed E-state index contributed by atoms with van der Waals surface area (Å²) in [6.07, 6.45) is 4.50. The molecule has 8 heteroatoms. The van der Waals surface area contributed by atoms with E-state index < -0.39 is 0 Å². The van der Waals surface area contributed by atoms with E-state index in [9.17, 15) is 14.7 Å². The molecule has 2 aromatic rings. The molecule has 4 aliphatic heterocycles. The van der Waals surface area contributed by atoms with Gasteiger partial charge >= 0.3 is 0 Å². The fourth-order valence-electron chi connectivity index (χ4n) is 5.38. The van der Waals surface area contributed by atoms with Crippen LogP contribution in [0.3, 0.4) is 0 Å². The molecule has 0 unspecified atom stereocenters. The first kappa shape index (κ1) is 24.4. The summed E-state index contributed by atoms with van der Waals surface area (Å²) in [6.45, 7) is 2.95. The molecule has 1 saturated heterocycles. The second-order valence-corrected chi connectivity index (χ2v) is 10.00. The molecule has 0 spiro atoms. The monoisotopic (exact) mass is 494 g/mol. The van der Waals surface area contributed by atoms with Crippen molar-refractivity contribution < 1.29 is 28.9 Å². The van der Waals surface area contributed by atoms with Crippen LogP contribution < -0.4 is 14.2 Å². The van der Waals surface area contributed by atoms with Crippen LogP contribution in [0.1, 0.15) is 48.0 Å². The number of carbonyl (C=O) groups excluding carboxylic acids is 2. The number of para-hydroxylation sites is 1. The average molecular weight is 495 g/mol. The molecule has 0 atom stereocenters. The lowest BCUT2D eigenvalue weighted by Gasteiger charge is -2.41. The molecule has 1 fully saturated rings. The summed E-state index contributed by atoms with van der Waals surface area (Å²) in [5, 5.41) is 10.2. The smallest absolute Gasteiger partial charge is 0.257 e. The maximum absolute atomic E-state index is 13.3. The number of fused-ring (bicyclic) bond motifs is 10. The van der Waals surface area contributed by atoms with Gasteiger partial charge in [0.05, 0.1) is 18.5 Å². The number of piperidine rings is 1. The maximum Gasteiger partial charge on any atom is 0.257 e. The normalized spacial score (nSPS) is 19.8. The summed E-state index contributed by atoms with van der Waals surface area (Å²) in [4.78, 5) is 30.3. The Hall–Kier alpha value is -3.26. The Labute approximate surface area is 211 Å². The second kappa shape index (κ2) is 10.8. The predicted octanol–water partition coefficient (Wildman–Crippen LogP) is 3.26. The van der Waals surface area contributed by atoms with Gasteiger partial charge in [0.2, 0.25) is 12.7 Å². The lowest BCUT2D eigenvalue weighted by atomic mass is 9.75. The Morgan fingerprint density at radius 2 is 1.69 bits per heavy atom. The summed E-state index contributed by atoms with van der Waals surface area (Å²) in [7, 11) is 0. The zero-order chi connectivity index (χ0) is 25.0. The van der Waals surface area contributed by atoms with E-state index in [1.807, 2.05) is 46.2 Å². The van der Waals surface area contributed by atoms with Crippen LogP contribution in [-0.4, -0.2) is 72.9 Å². The molecule has 2 amide bonds. The minimum absolute atomic E-state index is 0.0232. The van der Waals surface area contributed by atoms with Gasteiger partial charge in [-0.1, -0.05) is 24.6 Å². The van der Waals surface area contributed by atoms with Crippen LogP contribution in [0.25, 0.3) is 0 Å². The van der Waals surface area contributed by atoms with Gasteiger partial charge in [-0.3, -0.25) is 9.59 Å². The van der Waals surface area contributed by atoms with Crippen LogP contribution in [0.15, 0.2) is 42.5 Å². The molecule has 0 aromatic heterocycles. The molecule has 192 valence electrons. The highest BCUT2D eigenvalue weighted by Gasteiger charge is 2.36. The third-order valence-electron chi connectivity index (χ3n) is 7.71. The molecule has 2 aromatic carbocycles. The number of aliphatic hydroxyl groups is 1. The molecule has 0 saturated carbocycles. The van der Waals surface area contributed by atoms with Crippen LogP contribution in [0, 0.1) is 5.41 Å². The lowest BCUT2D eigenvalue weighted by molar-refractivity contribution is -0.131. The van der Waals surface area contributed by atoms with Gasteiger partial charge in [-0.25, -0.2) is 0 Å². The van der Waals surface area contributed by atoms with E-state index >= 15 is 0 Å². The zero-order valence-corrected chi connectivity index (χ0v) is 20.6. The van der Waals surface area contributed by atoms with Crippen LogP contribution in [0.2, 0.25) is 0 Å². The van der Waals surface area contributed by atoms with Crippen molar-refractivity contribution >= 4 is 11.8 Å². The van der Waals surface area contributed by atoms with Crippen LogP contribution in [0.4, 0.5) is 0 Å². The van der Waals surface area contributed by atoms with E-state index in [1.165, 1.54) is 0 Å². The Balaban J connectivity index is 1.32.